The molecule has 1 rings (SSSR count). The summed E-state index contributed by atoms with van der Waals surface area (Å²) in [4.78, 5) is 10.3. The number of allylic oxidation sites excluding steroid dienone is 1. The lowest BCUT2D eigenvalue weighted by molar-refractivity contribution is -0.144. The van der Waals surface area contributed by atoms with Crippen LogP contribution >= 0.6 is 0 Å². The minimum Gasteiger partial charge on any atom is -0.298 e. The molecule has 3 nitrogen and oxygen atoms in total. The van der Waals surface area contributed by atoms with Gasteiger partial charge in [-0.25, -0.2) is 0 Å². The number of hydrogen-bond acceptors (Lipinski definition) is 2. The van der Waals surface area contributed by atoms with Crippen molar-refractivity contribution >= 4 is 6.29 Å². The number of aromatic nitrogens is 2. The lowest BCUT2D eigenvalue weighted by atomic mass is 10.2. The number of aldehydes is 1. The second-order valence-corrected chi connectivity index (χ2v) is 2.53. The highest BCUT2D eigenvalue weighted by Gasteiger charge is 2.37. The van der Waals surface area contributed by atoms with Crippen molar-refractivity contribution in [1.82, 2.24) is 9.78 Å². The maximum Gasteiger partial charge on any atom is 0.433 e. The molecule has 1 aromatic rings. The molecule has 76 valence electrons. The van der Waals surface area contributed by atoms with Gasteiger partial charge < -0.3 is 0 Å². The van der Waals surface area contributed by atoms with Crippen LogP contribution in [0.15, 0.2) is 18.9 Å². The van der Waals surface area contributed by atoms with Crippen molar-refractivity contribution in [3.05, 3.63) is 30.1 Å². The first-order valence-corrected chi connectivity index (χ1v) is 3.69. The van der Waals surface area contributed by atoms with Crippen LogP contribution in [0.2, 0.25) is 0 Å². The van der Waals surface area contributed by atoms with Crippen LogP contribution in [-0.2, 0) is 12.7 Å². The Balaban J connectivity index is 3.25. The van der Waals surface area contributed by atoms with Crippen LogP contribution in [0.25, 0.3) is 0 Å². The van der Waals surface area contributed by atoms with Crippen LogP contribution < -0.4 is 0 Å². The van der Waals surface area contributed by atoms with Crippen LogP contribution in [0.4, 0.5) is 13.2 Å². The first-order chi connectivity index (χ1) is 6.50. The Labute approximate surface area is 77.8 Å². The highest BCUT2D eigenvalue weighted by Crippen LogP contribution is 2.31. The van der Waals surface area contributed by atoms with E-state index in [2.05, 4.69) is 11.7 Å². The van der Waals surface area contributed by atoms with Gasteiger partial charge in [-0.1, -0.05) is 6.08 Å². The first kappa shape index (κ1) is 10.5. The van der Waals surface area contributed by atoms with Gasteiger partial charge in [-0.15, -0.1) is 6.58 Å². The molecule has 6 heteroatoms. The van der Waals surface area contributed by atoms with Gasteiger partial charge in [0.15, 0.2) is 12.0 Å². The second-order valence-electron chi connectivity index (χ2n) is 2.53. The summed E-state index contributed by atoms with van der Waals surface area (Å²) in [6, 6.07) is 0. The van der Waals surface area contributed by atoms with E-state index in [9.17, 15) is 18.0 Å². The average Bonchev–Trinajstić information content (AvgIpc) is 2.47. The number of hydrogen-bond donors (Lipinski definition) is 0. The molecule has 0 spiro atoms. The van der Waals surface area contributed by atoms with Crippen LogP contribution in [0.3, 0.4) is 0 Å². The van der Waals surface area contributed by atoms with Crippen LogP contribution in [0.1, 0.15) is 16.1 Å². The normalized spacial score (nSPS) is 11.4. The zero-order valence-corrected chi connectivity index (χ0v) is 7.08. The molecule has 0 saturated carbocycles. The van der Waals surface area contributed by atoms with Gasteiger partial charge in [0.2, 0.25) is 0 Å². The molecule has 0 aromatic carbocycles. The first-order valence-electron chi connectivity index (χ1n) is 3.69. The molecule has 0 atom stereocenters. The summed E-state index contributed by atoms with van der Waals surface area (Å²) in [5, 5.41) is 3.44. The summed E-state index contributed by atoms with van der Waals surface area (Å²) in [6.07, 6.45) is -2.28. The van der Waals surface area contributed by atoms with Crippen molar-refractivity contribution in [3.63, 3.8) is 0 Å². The van der Waals surface area contributed by atoms with Crippen LogP contribution in [0.5, 0.6) is 0 Å². The van der Waals surface area contributed by atoms with E-state index in [0.717, 1.165) is 6.20 Å². The van der Waals surface area contributed by atoms with Gasteiger partial charge in [0.25, 0.3) is 0 Å². The van der Waals surface area contributed by atoms with Gasteiger partial charge in [0.1, 0.15) is 0 Å². The average molecular weight is 204 g/mol. The molecule has 0 fully saturated rings. The Morgan fingerprint density at radius 3 is 2.64 bits per heavy atom. The summed E-state index contributed by atoms with van der Waals surface area (Å²) in [5.74, 6) is 0. The molecular formula is C8H7F3N2O. The van der Waals surface area contributed by atoms with E-state index in [1.807, 2.05) is 0 Å². The monoisotopic (exact) mass is 204 g/mol. The number of nitrogens with zero attached hydrogens (tertiary/aromatic N) is 2. The third-order valence-corrected chi connectivity index (χ3v) is 1.57. The van der Waals surface area contributed by atoms with Gasteiger partial charge in [-0.3, -0.25) is 9.48 Å². The fraction of sp³-hybridized carbons (Fsp3) is 0.250. The van der Waals surface area contributed by atoms with Gasteiger partial charge >= 0.3 is 6.18 Å². The number of rotatable bonds is 3. The maximum atomic E-state index is 12.4. The summed E-state index contributed by atoms with van der Waals surface area (Å²) in [7, 11) is 0. The number of carbonyl (C=O) groups excluding carboxylic acids is 1. The fourth-order valence-electron chi connectivity index (χ4n) is 1.06. The highest BCUT2D eigenvalue weighted by atomic mass is 19.4. The molecule has 0 radical (unpaired) electrons. The summed E-state index contributed by atoms with van der Waals surface area (Å²) >= 11 is 0. The predicted molar refractivity (Wildman–Crippen MR) is 42.8 cm³/mol. The third-order valence-electron chi connectivity index (χ3n) is 1.57. The largest absolute Gasteiger partial charge is 0.433 e. The van der Waals surface area contributed by atoms with Crippen molar-refractivity contribution < 1.29 is 18.0 Å². The number of alkyl halides is 3. The van der Waals surface area contributed by atoms with E-state index in [4.69, 9.17) is 0 Å². The predicted octanol–water partition coefficient (Wildman–Crippen LogP) is 1.90. The van der Waals surface area contributed by atoms with E-state index in [0.29, 0.717) is 4.68 Å². The molecule has 0 saturated heterocycles. The van der Waals surface area contributed by atoms with Crippen molar-refractivity contribution in [3.8, 4) is 0 Å². The Kier molecular flexibility index (Phi) is 2.73. The molecule has 0 bridgehead atoms. The highest BCUT2D eigenvalue weighted by molar-refractivity contribution is 5.76. The second kappa shape index (κ2) is 3.65. The molecule has 0 amide bonds. The van der Waals surface area contributed by atoms with Crippen molar-refractivity contribution in [1.29, 1.82) is 0 Å². The Bertz CT molecular complexity index is 354. The zero-order chi connectivity index (χ0) is 10.8. The SMILES string of the molecule is C=CCn1ncc(C=O)c1C(F)(F)F. The lowest BCUT2D eigenvalue weighted by Gasteiger charge is -2.08. The van der Waals surface area contributed by atoms with E-state index in [1.54, 1.807) is 0 Å². The minimum atomic E-state index is -4.57. The molecule has 0 N–H and O–H groups in total. The topological polar surface area (TPSA) is 34.9 Å². The molecule has 14 heavy (non-hydrogen) atoms. The van der Waals surface area contributed by atoms with Gasteiger partial charge in [0.05, 0.1) is 18.3 Å². The van der Waals surface area contributed by atoms with Gasteiger partial charge in [-0.05, 0) is 0 Å². The molecule has 1 aromatic heterocycles. The standard InChI is InChI=1S/C8H7F3N2O/c1-2-3-13-7(8(9,10)11)6(5-14)4-12-13/h2,4-5H,1,3H2. The number of halogens is 3. The smallest absolute Gasteiger partial charge is 0.298 e. The van der Waals surface area contributed by atoms with E-state index < -0.39 is 17.4 Å². The summed E-state index contributed by atoms with van der Waals surface area (Å²) < 4.78 is 37.9. The third kappa shape index (κ3) is 1.84. The molecule has 0 aliphatic rings. The minimum absolute atomic E-state index is 0.0807. The maximum absolute atomic E-state index is 12.4. The van der Waals surface area contributed by atoms with Crippen molar-refractivity contribution in [2.45, 2.75) is 12.7 Å². The van der Waals surface area contributed by atoms with E-state index in [-0.39, 0.29) is 12.8 Å². The molecular weight excluding hydrogens is 197 g/mol. The van der Waals surface area contributed by atoms with Gasteiger partial charge in [-0.2, -0.15) is 18.3 Å². The molecule has 1 heterocycles. The Morgan fingerprint density at radius 2 is 2.21 bits per heavy atom. The van der Waals surface area contributed by atoms with Gasteiger partial charge in [0, 0.05) is 0 Å². The molecule has 0 aliphatic carbocycles. The Hall–Kier alpha value is -1.59. The van der Waals surface area contributed by atoms with E-state index in [1.165, 1.54) is 6.08 Å². The quantitative estimate of drug-likeness (QED) is 0.556. The summed E-state index contributed by atoms with van der Waals surface area (Å²) in [6.45, 7) is 3.22. The Morgan fingerprint density at radius 1 is 1.57 bits per heavy atom. The van der Waals surface area contributed by atoms with Crippen LogP contribution in [-0.4, -0.2) is 16.1 Å². The molecule has 0 aliphatic heterocycles. The number of carbonyl (C=O) groups is 1. The van der Waals surface area contributed by atoms with E-state index >= 15 is 0 Å². The molecule has 0 unspecified atom stereocenters. The fourth-order valence-corrected chi connectivity index (χ4v) is 1.06. The lowest BCUT2D eigenvalue weighted by Crippen LogP contribution is -2.16. The summed E-state index contributed by atoms with van der Waals surface area (Å²) in [5.41, 5.74) is -1.49. The zero-order valence-electron chi connectivity index (χ0n) is 7.08. The van der Waals surface area contributed by atoms with Crippen LogP contribution in [0, 0.1) is 0 Å². The van der Waals surface area contributed by atoms with Crippen molar-refractivity contribution in [2.24, 2.45) is 0 Å². The van der Waals surface area contributed by atoms with Crippen molar-refractivity contribution in [2.75, 3.05) is 0 Å².